The summed E-state index contributed by atoms with van der Waals surface area (Å²) in [6, 6.07) is 12.8. The second kappa shape index (κ2) is 7.37. The third-order valence-corrected chi connectivity index (χ3v) is 6.33. The zero-order valence-electron chi connectivity index (χ0n) is 10.8. The predicted molar refractivity (Wildman–Crippen MR) is 94.9 cm³/mol. The number of hydrogen-bond acceptors (Lipinski definition) is 2. The first kappa shape index (κ1) is 17.1. The van der Waals surface area contributed by atoms with Gasteiger partial charge in [0.05, 0.1) is 4.90 Å². The molecule has 0 aromatic heterocycles. The highest BCUT2D eigenvalue weighted by atomic mass is 79.9. The molecule has 3 nitrogen and oxygen atoms in total. The second-order valence-corrected chi connectivity index (χ2v) is 8.42. The van der Waals surface area contributed by atoms with Gasteiger partial charge in [0.1, 0.15) is 0 Å². The predicted octanol–water partition coefficient (Wildman–Crippen LogP) is 4.59. The summed E-state index contributed by atoms with van der Waals surface area (Å²) in [4.78, 5) is 0.216. The van der Waals surface area contributed by atoms with E-state index >= 15 is 0 Å². The Labute approximate surface area is 149 Å². The van der Waals surface area contributed by atoms with Crippen LogP contribution in [0.1, 0.15) is 11.1 Å². The number of rotatable bonds is 5. The molecule has 1 N–H and O–H groups in total. The van der Waals surface area contributed by atoms with Crippen LogP contribution in [0.3, 0.4) is 0 Å². The fourth-order valence-corrected chi connectivity index (χ4v) is 4.63. The molecule has 0 heterocycles. The van der Waals surface area contributed by atoms with Crippen molar-refractivity contribution in [2.75, 3.05) is 0 Å². The average Bonchev–Trinajstić information content (AvgIpc) is 2.48. The van der Waals surface area contributed by atoms with Crippen LogP contribution in [0, 0.1) is 0 Å². The molecule has 21 heavy (non-hydrogen) atoms. The second-order valence-electron chi connectivity index (χ2n) is 4.35. The maximum Gasteiger partial charge on any atom is 0.242 e. The smallest absolute Gasteiger partial charge is 0.207 e. The molecule has 0 saturated carbocycles. The monoisotopic (exact) mass is 495 g/mol. The maximum absolute atomic E-state index is 12.4. The van der Waals surface area contributed by atoms with Gasteiger partial charge >= 0.3 is 0 Å². The first-order valence-corrected chi connectivity index (χ1v) is 10.2. The van der Waals surface area contributed by atoms with Gasteiger partial charge in [-0.15, -0.1) is 0 Å². The molecule has 0 aliphatic rings. The number of benzene rings is 2. The van der Waals surface area contributed by atoms with Gasteiger partial charge in [0.25, 0.3) is 0 Å². The Morgan fingerprint density at radius 2 is 1.71 bits per heavy atom. The molecule has 0 aliphatic carbocycles. The van der Waals surface area contributed by atoms with E-state index in [1.165, 1.54) is 0 Å². The van der Waals surface area contributed by atoms with Gasteiger partial charge in [0, 0.05) is 20.8 Å². The van der Waals surface area contributed by atoms with Crippen LogP contribution in [-0.4, -0.2) is 8.42 Å². The summed E-state index contributed by atoms with van der Waals surface area (Å²) in [6.07, 6.45) is 0. The van der Waals surface area contributed by atoms with Gasteiger partial charge in [0.15, 0.2) is 0 Å². The van der Waals surface area contributed by atoms with Gasteiger partial charge in [0.2, 0.25) is 10.0 Å². The van der Waals surface area contributed by atoms with E-state index in [9.17, 15) is 8.42 Å². The standard InChI is InChI=1S/C14H12Br3NO2S/c15-8-10-2-1-3-11(6-10)9-18-21(19,20)14-7-12(16)4-5-13(14)17/h1-7,18H,8-9H2. The van der Waals surface area contributed by atoms with Crippen LogP contribution in [0.5, 0.6) is 0 Å². The van der Waals surface area contributed by atoms with Crippen LogP contribution in [0.25, 0.3) is 0 Å². The van der Waals surface area contributed by atoms with Gasteiger partial charge in [-0.3, -0.25) is 0 Å². The van der Waals surface area contributed by atoms with Crippen molar-refractivity contribution in [1.29, 1.82) is 0 Å². The lowest BCUT2D eigenvalue weighted by molar-refractivity contribution is 0.580. The van der Waals surface area contributed by atoms with Crippen molar-refractivity contribution in [3.05, 3.63) is 62.5 Å². The number of sulfonamides is 1. The van der Waals surface area contributed by atoms with Crippen molar-refractivity contribution in [1.82, 2.24) is 4.72 Å². The Morgan fingerprint density at radius 1 is 1.00 bits per heavy atom. The molecular weight excluding hydrogens is 486 g/mol. The van der Waals surface area contributed by atoms with E-state index in [0.717, 1.165) is 16.5 Å². The number of alkyl halides is 1. The minimum absolute atomic E-state index is 0.216. The van der Waals surface area contributed by atoms with Crippen molar-refractivity contribution in [3.8, 4) is 0 Å². The summed E-state index contributed by atoms with van der Waals surface area (Å²) >= 11 is 9.94. The molecule has 7 heteroatoms. The lowest BCUT2D eigenvalue weighted by Crippen LogP contribution is -2.23. The summed E-state index contributed by atoms with van der Waals surface area (Å²) in [5.41, 5.74) is 2.02. The normalized spacial score (nSPS) is 11.6. The molecule has 0 saturated heterocycles. The molecule has 0 fully saturated rings. The lowest BCUT2D eigenvalue weighted by atomic mass is 10.1. The molecule has 0 spiro atoms. The van der Waals surface area contributed by atoms with Gasteiger partial charge in [-0.05, 0) is 45.3 Å². The topological polar surface area (TPSA) is 46.2 Å². The van der Waals surface area contributed by atoms with Crippen LogP contribution >= 0.6 is 47.8 Å². The summed E-state index contributed by atoms with van der Waals surface area (Å²) in [5.74, 6) is 0. The highest BCUT2D eigenvalue weighted by Gasteiger charge is 2.17. The molecule has 0 bridgehead atoms. The van der Waals surface area contributed by atoms with Crippen molar-refractivity contribution < 1.29 is 8.42 Å². The highest BCUT2D eigenvalue weighted by Crippen LogP contribution is 2.25. The van der Waals surface area contributed by atoms with Crippen molar-refractivity contribution in [2.45, 2.75) is 16.8 Å². The van der Waals surface area contributed by atoms with E-state index in [1.807, 2.05) is 24.3 Å². The largest absolute Gasteiger partial charge is 0.242 e. The van der Waals surface area contributed by atoms with Crippen LogP contribution in [0.2, 0.25) is 0 Å². The van der Waals surface area contributed by atoms with Gasteiger partial charge in [-0.25, -0.2) is 13.1 Å². The Bertz CT molecular complexity index is 748. The minimum Gasteiger partial charge on any atom is -0.207 e. The summed E-state index contributed by atoms with van der Waals surface area (Å²) in [6.45, 7) is 0.252. The maximum atomic E-state index is 12.4. The first-order chi connectivity index (χ1) is 9.92. The molecule has 0 amide bonds. The molecule has 2 rings (SSSR count). The SMILES string of the molecule is O=S(=O)(NCc1cccc(CBr)c1)c1cc(Br)ccc1Br. The van der Waals surface area contributed by atoms with E-state index in [4.69, 9.17) is 0 Å². The van der Waals surface area contributed by atoms with Crippen LogP contribution in [0.15, 0.2) is 56.3 Å². The van der Waals surface area contributed by atoms with Crippen LogP contribution in [-0.2, 0) is 21.9 Å². The highest BCUT2D eigenvalue weighted by molar-refractivity contribution is 9.11. The van der Waals surface area contributed by atoms with E-state index in [-0.39, 0.29) is 11.4 Å². The number of halogens is 3. The lowest BCUT2D eigenvalue weighted by Gasteiger charge is -2.09. The van der Waals surface area contributed by atoms with Crippen molar-refractivity contribution >= 4 is 57.8 Å². The molecule has 2 aromatic rings. The molecule has 112 valence electrons. The van der Waals surface area contributed by atoms with Gasteiger partial charge < -0.3 is 0 Å². The molecule has 0 aliphatic heterocycles. The summed E-state index contributed by atoms with van der Waals surface area (Å²) < 4.78 is 28.6. The van der Waals surface area contributed by atoms with Crippen molar-refractivity contribution in [2.24, 2.45) is 0 Å². The third kappa shape index (κ3) is 4.63. The number of nitrogens with one attached hydrogen (secondary N) is 1. The number of hydrogen-bond donors (Lipinski definition) is 1. The van der Waals surface area contributed by atoms with E-state index < -0.39 is 10.0 Å². The summed E-state index contributed by atoms with van der Waals surface area (Å²) in [7, 11) is -3.57. The van der Waals surface area contributed by atoms with Gasteiger partial charge in [-0.2, -0.15) is 0 Å². The van der Waals surface area contributed by atoms with Crippen molar-refractivity contribution in [3.63, 3.8) is 0 Å². The molecule has 2 aromatic carbocycles. The molecule has 0 unspecified atom stereocenters. The fraction of sp³-hybridized carbons (Fsp3) is 0.143. The van der Waals surface area contributed by atoms with Gasteiger partial charge in [-0.1, -0.05) is 56.1 Å². The minimum atomic E-state index is -3.57. The zero-order chi connectivity index (χ0) is 15.5. The molecule has 0 radical (unpaired) electrons. The molecular formula is C14H12Br3NO2S. The Morgan fingerprint density at radius 3 is 2.43 bits per heavy atom. The van der Waals surface area contributed by atoms with E-state index in [2.05, 4.69) is 52.5 Å². The van der Waals surface area contributed by atoms with E-state index in [1.54, 1.807) is 18.2 Å². The fourth-order valence-electron chi connectivity index (χ4n) is 1.76. The average molecular weight is 498 g/mol. The first-order valence-electron chi connectivity index (χ1n) is 6.01. The van der Waals surface area contributed by atoms with E-state index in [0.29, 0.717) is 8.95 Å². The molecule has 0 atom stereocenters. The zero-order valence-corrected chi connectivity index (χ0v) is 16.4. The quantitative estimate of drug-likeness (QED) is 0.614. The Kier molecular flexibility index (Phi) is 6.02. The third-order valence-electron chi connectivity index (χ3n) is 2.79. The Balaban J connectivity index is 2.19. The Hall–Kier alpha value is -0.210. The van der Waals surface area contributed by atoms with Crippen LogP contribution < -0.4 is 4.72 Å². The van der Waals surface area contributed by atoms with Crippen LogP contribution in [0.4, 0.5) is 0 Å². The summed E-state index contributed by atoms with van der Waals surface area (Å²) in [5, 5.41) is 0.741.